The van der Waals surface area contributed by atoms with E-state index < -0.39 is 17.7 Å². The number of hydrogen-bond donors (Lipinski definition) is 2. The average molecular weight is 240 g/mol. The molecule has 1 amide bonds. The van der Waals surface area contributed by atoms with Gasteiger partial charge in [0.15, 0.2) is 0 Å². The molecule has 0 aliphatic carbocycles. The first-order valence-electron chi connectivity index (χ1n) is 5.47. The van der Waals surface area contributed by atoms with Crippen LogP contribution in [0.3, 0.4) is 0 Å². The van der Waals surface area contributed by atoms with Crippen LogP contribution < -0.4 is 11.1 Å². The van der Waals surface area contributed by atoms with Gasteiger partial charge in [0, 0.05) is 30.5 Å². The number of carbonyl (C=O) groups is 1. The lowest BCUT2D eigenvalue weighted by atomic mass is 9.92. The lowest BCUT2D eigenvalue weighted by Gasteiger charge is -2.19. The predicted molar refractivity (Wildman–Crippen MR) is 59.1 cm³/mol. The second kappa shape index (κ2) is 4.41. The van der Waals surface area contributed by atoms with E-state index in [-0.39, 0.29) is 29.4 Å². The van der Waals surface area contributed by atoms with E-state index in [1.54, 1.807) is 0 Å². The van der Waals surface area contributed by atoms with Crippen LogP contribution in [-0.4, -0.2) is 12.5 Å². The SMILES string of the molecule is Cc1cc(F)c(C(N)C2CNC(=O)C2)cc1F. The maximum absolute atomic E-state index is 13.7. The van der Waals surface area contributed by atoms with Crippen molar-refractivity contribution < 1.29 is 13.6 Å². The van der Waals surface area contributed by atoms with Crippen LogP contribution in [0, 0.1) is 24.5 Å². The fourth-order valence-electron chi connectivity index (χ4n) is 2.05. The fraction of sp³-hybridized carbons (Fsp3) is 0.417. The summed E-state index contributed by atoms with van der Waals surface area (Å²) in [5.41, 5.74) is 6.27. The number of nitrogens with two attached hydrogens (primary N) is 1. The van der Waals surface area contributed by atoms with E-state index in [1.807, 2.05) is 0 Å². The smallest absolute Gasteiger partial charge is 0.220 e. The molecule has 17 heavy (non-hydrogen) atoms. The Morgan fingerprint density at radius 1 is 1.41 bits per heavy atom. The summed E-state index contributed by atoms with van der Waals surface area (Å²) in [5.74, 6) is -1.28. The van der Waals surface area contributed by atoms with Gasteiger partial charge in [-0.25, -0.2) is 8.78 Å². The molecule has 0 radical (unpaired) electrons. The molecule has 1 aliphatic rings. The number of benzene rings is 1. The quantitative estimate of drug-likeness (QED) is 0.821. The molecule has 2 atom stereocenters. The molecule has 0 bridgehead atoms. The Morgan fingerprint density at radius 2 is 2.12 bits per heavy atom. The highest BCUT2D eigenvalue weighted by molar-refractivity contribution is 5.78. The van der Waals surface area contributed by atoms with E-state index in [1.165, 1.54) is 6.92 Å². The van der Waals surface area contributed by atoms with Gasteiger partial charge in [0.1, 0.15) is 11.6 Å². The average Bonchev–Trinajstić information content (AvgIpc) is 2.69. The molecule has 3 nitrogen and oxygen atoms in total. The van der Waals surface area contributed by atoms with Crippen molar-refractivity contribution in [2.45, 2.75) is 19.4 Å². The Kier molecular flexibility index (Phi) is 3.11. The van der Waals surface area contributed by atoms with Gasteiger partial charge in [-0.3, -0.25) is 4.79 Å². The van der Waals surface area contributed by atoms with E-state index in [0.29, 0.717) is 6.54 Å². The predicted octanol–water partition coefficient (Wildman–Crippen LogP) is 1.41. The first-order chi connectivity index (χ1) is 7.99. The molecular formula is C12H14F2N2O. The Bertz CT molecular complexity index is 462. The summed E-state index contributed by atoms with van der Waals surface area (Å²) in [4.78, 5) is 11.1. The third-order valence-electron chi connectivity index (χ3n) is 3.15. The zero-order chi connectivity index (χ0) is 12.6. The Labute approximate surface area is 98.0 Å². The molecule has 0 saturated carbocycles. The van der Waals surface area contributed by atoms with Crippen molar-refractivity contribution in [3.05, 3.63) is 34.9 Å². The number of rotatable bonds is 2. The number of aryl methyl sites for hydroxylation is 1. The lowest BCUT2D eigenvalue weighted by Crippen LogP contribution is -2.24. The molecule has 2 unspecified atom stereocenters. The molecular weight excluding hydrogens is 226 g/mol. The van der Waals surface area contributed by atoms with Crippen molar-refractivity contribution in [3.8, 4) is 0 Å². The van der Waals surface area contributed by atoms with Gasteiger partial charge < -0.3 is 11.1 Å². The van der Waals surface area contributed by atoms with Crippen LogP contribution >= 0.6 is 0 Å². The maximum atomic E-state index is 13.7. The summed E-state index contributed by atoms with van der Waals surface area (Å²) in [6.45, 7) is 1.91. The van der Waals surface area contributed by atoms with Gasteiger partial charge in [0.25, 0.3) is 0 Å². The zero-order valence-electron chi connectivity index (χ0n) is 9.47. The van der Waals surface area contributed by atoms with Gasteiger partial charge in [-0.1, -0.05) is 0 Å². The van der Waals surface area contributed by atoms with E-state index >= 15 is 0 Å². The summed E-state index contributed by atoms with van der Waals surface area (Å²) >= 11 is 0. The van der Waals surface area contributed by atoms with Gasteiger partial charge in [-0.15, -0.1) is 0 Å². The minimum atomic E-state index is -0.663. The highest BCUT2D eigenvalue weighted by Crippen LogP contribution is 2.28. The maximum Gasteiger partial charge on any atom is 0.220 e. The molecule has 1 aromatic carbocycles. The van der Waals surface area contributed by atoms with E-state index in [2.05, 4.69) is 5.32 Å². The molecule has 1 saturated heterocycles. The second-order valence-electron chi connectivity index (χ2n) is 4.42. The van der Waals surface area contributed by atoms with E-state index in [9.17, 15) is 13.6 Å². The van der Waals surface area contributed by atoms with Crippen molar-refractivity contribution in [1.82, 2.24) is 5.32 Å². The zero-order valence-corrected chi connectivity index (χ0v) is 9.47. The van der Waals surface area contributed by atoms with Crippen LogP contribution in [0.15, 0.2) is 12.1 Å². The molecule has 2 rings (SSSR count). The minimum Gasteiger partial charge on any atom is -0.356 e. The first kappa shape index (κ1) is 12.0. The van der Waals surface area contributed by atoms with Crippen LogP contribution in [-0.2, 0) is 4.79 Å². The van der Waals surface area contributed by atoms with Crippen LogP contribution in [0.2, 0.25) is 0 Å². The summed E-state index contributed by atoms with van der Waals surface area (Å²) in [5, 5.41) is 2.63. The number of nitrogens with one attached hydrogen (secondary N) is 1. The monoisotopic (exact) mass is 240 g/mol. The summed E-state index contributed by atoms with van der Waals surface area (Å²) in [6, 6.07) is 1.59. The van der Waals surface area contributed by atoms with Crippen molar-refractivity contribution in [3.63, 3.8) is 0 Å². The molecule has 3 N–H and O–H groups in total. The van der Waals surface area contributed by atoms with E-state index in [4.69, 9.17) is 5.73 Å². The third-order valence-corrected chi connectivity index (χ3v) is 3.15. The molecule has 1 aliphatic heterocycles. The third kappa shape index (κ3) is 2.29. The highest BCUT2D eigenvalue weighted by atomic mass is 19.1. The number of amides is 1. The first-order valence-corrected chi connectivity index (χ1v) is 5.47. The normalized spacial score (nSPS) is 21.4. The molecule has 1 fully saturated rings. The largest absolute Gasteiger partial charge is 0.356 e. The molecule has 1 aromatic rings. The Balaban J connectivity index is 2.27. The summed E-state index contributed by atoms with van der Waals surface area (Å²) < 4.78 is 27.1. The fourth-order valence-corrected chi connectivity index (χ4v) is 2.05. The molecule has 0 spiro atoms. The number of carbonyl (C=O) groups excluding carboxylic acids is 1. The highest BCUT2D eigenvalue weighted by Gasteiger charge is 2.29. The van der Waals surface area contributed by atoms with Gasteiger partial charge in [-0.2, -0.15) is 0 Å². The van der Waals surface area contributed by atoms with Crippen LogP contribution in [0.5, 0.6) is 0 Å². The topological polar surface area (TPSA) is 55.1 Å². The van der Waals surface area contributed by atoms with Crippen LogP contribution in [0.25, 0.3) is 0 Å². The Hall–Kier alpha value is -1.49. The van der Waals surface area contributed by atoms with Gasteiger partial charge in [0.05, 0.1) is 0 Å². The molecule has 0 aromatic heterocycles. The standard InChI is InChI=1S/C12H14F2N2O/c1-6-2-10(14)8(4-9(6)13)12(15)7-3-11(17)16-5-7/h2,4,7,12H,3,5,15H2,1H3,(H,16,17). The second-order valence-corrected chi connectivity index (χ2v) is 4.42. The van der Waals surface area contributed by atoms with Crippen molar-refractivity contribution in [1.29, 1.82) is 0 Å². The van der Waals surface area contributed by atoms with Crippen molar-refractivity contribution >= 4 is 5.91 Å². The van der Waals surface area contributed by atoms with Gasteiger partial charge in [0.2, 0.25) is 5.91 Å². The van der Waals surface area contributed by atoms with Crippen molar-refractivity contribution in [2.24, 2.45) is 11.7 Å². The molecule has 1 heterocycles. The number of hydrogen-bond acceptors (Lipinski definition) is 2. The molecule has 92 valence electrons. The lowest BCUT2D eigenvalue weighted by molar-refractivity contribution is -0.119. The Morgan fingerprint density at radius 3 is 2.71 bits per heavy atom. The summed E-state index contributed by atoms with van der Waals surface area (Å²) in [6.07, 6.45) is 0.260. The molecule has 5 heteroatoms. The van der Waals surface area contributed by atoms with Crippen LogP contribution in [0.4, 0.5) is 8.78 Å². The number of halogens is 2. The minimum absolute atomic E-state index is 0.0987. The van der Waals surface area contributed by atoms with Crippen LogP contribution in [0.1, 0.15) is 23.6 Å². The van der Waals surface area contributed by atoms with Crippen molar-refractivity contribution in [2.75, 3.05) is 6.54 Å². The van der Waals surface area contributed by atoms with Gasteiger partial charge >= 0.3 is 0 Å². The van der Waals surface area contributed by atoms with E-state index in [0.717, 1.165) is 12.1 Å². The van der Waals surface area contributed by atoms with Gasteiger partial charge in [-0.05, 0) is 24.6 Å². The summed E-state index contributed by atoms with van der Waals surface area (Å²) in [7, 11) is 0.